The lowest BCUT2D eigenvalue weighted by molar-refractivity contribution is 0.102. The van der Waals surface area contributed by atoms with Crippen molar-refractivity contribution in [3.05, 3.63) is 70.1 Å². The molecule has 0 unspecified atom stereocenters. The maximum atomic E-state index is 13.0. The molecule has 1 N–H and O–H groups in total. The minimum Gasteiger partial charge on any atom is -0.321 e. The number of nitrogens with zero attached hydrogens (tertiary/aromatic N) is 2. The second-order valence-electron chi connectivity index (χ2n) is 7.51. The Kier molecular flexibility index (Phi) is 5.40. The van der Waals surface area contributed by atoms with E-state index < -0.39 is 0 Å². The number of benzene rings is 2. The van der Waals surface area contributed by atoms with E-state index in [2.05, 4.69) is 24.3 Å². The number of fused-ring (bicyclic) bond motifs is 1. The third-order valence-electron chi connectivity index (χ3n) is 4.43. The Morgan fingerprint density at radius 1 is 1.04 bits per heavy atom. The number of aromatic nitrogens is 2. The molecule has 2 aromatic carbocycles. The van der Waals surface area contributed by atoms with Gasteiger partial charge in [-0.3, -0.25) is 9.59 Å². The number of carbonyl (C=O) groups is 1. The number of amides is 1. The summed E-state index contributed by atoms with van der Waals surface area (Å²) in [6, 6.07) is 14.9. The van der Waals surface area contributed by atoms with Crippen LogP contribution in [0, 0.1) is 5.92 Å². The van der Waals surface area contributed by atoms with Gasteiger partial charge in [-0.25, -0.2) is 4.68 Å². The quantitative estimate of drug-likeness (QED) is 0.729. The van der Waals surface area contributed by atoms with Gasteiger partial charge in [-0.2, -0.15) is 5.10 Å². The summed E-state index contributed by atoms with van der Waals surface area (Å²) in [7, 11) is 0. The van der Waals surface area contributed by atoms with E-state index in [4.69, 9.17) is 0 Å². The first-order chi connectivity index (χ1) is 12.9. The van der Waals surface area contributed by atoms with Gasteiger partial charge in [0.25, 0.3) is 11.5 Å². The van der Waals surface area contributed by atoms with Gasteiger partial charge in [-0.1, -0.05) is 58.0 Å². The SMILES string of the molecule is CC(C)Cn1nc(C(=O)Nc2cccc(C(C)C)c2)c2ccccc2c1=O. The minimum atomic E-state index is -0.315. The molecule has 140 valence electrons. The maximum Gasteiger partial charge on any atom is 0.276 e. The Hall–Kier alpha value is -2.95. The predicted molar refractivity (Wildman–Crippen MR) is 109 cm³/mol. The van der Waals surface area contributed by atoms with E-state index in [1.807, 2.05) is 44.2 Å². The summed E-state index contributed by atoms with van der Waals surface area (Å²) in [6.45, 7) is 8.71. The number of anilines is 1. The fourth-order valence-corrected chi connectivity index (χ4v) is 3.04. The largest absolute Gasteiger partial charge is 0.321 e. The number of nitrogens with one attached hydrogen (secondary N) is 1. The fraction of sp³-hybridized carbons (Fsp3) is 0.318. The average molecular weight is 363 g/mol. The lowest BCUT2D eigenvalue weighted by Gasteiger charge is -2.13. The van der Waals surface area contributed by atoms with Gasteiger partial charge in [0.2, 0.25) is 0 Å². The van der Waals surface area contributed by atoms with Crippen LogP contribution in [0.25, 0.3) is 10.8 Å². The van der Waals surface area contributed by atoms with Crippen LogP contribution in [-0.4, -0.2) is 15.7 Å². The van der Waals surface area contributed by atoms with Crippen LogP contribution in [0.1, 0.15) is 49.7 Å². The van der Waals surface area contributed by atoms with Crippen LogP contribution in [0.3, 0.4) is 0 Å². The Morgan fingerprint density at radius 2 is 1.74 bits per heavy atom. The summed E-state index contributed by atoms with van der Waals surface area (Å²) >= 11 is 0. The van der Waals surface area contributed by atoms with Gasteiger partial charge < -0.3 is 5.32 Å². The summed E-state index contributed by atoms with van der Waals surface area (Å²) in [5.41, 5.74) is 1.97. The summed E-state index contributed by atoms with van der Waals surface area (Å²) in [5, 5.41) is 8.39. The second-order valence-corrected chi connectivity index (χ2v) is 7.51. The van der Waals surface area contributed by atoms with Crippen molar-refractivity contribution in [3.63, 3.8) is 0 Å². The van der Waals surface area contributed by atoms with Gasteiger partial charge in [0.15, 0.2) is 5.69 Å². The second kappa shape index (κ2) is 7.74. The molecular weight excluding hydrogens is 338 g/mol. The normalized spacial score (nSPS) is 11.3. The minimum absolute atomic E-state index is 0.169. The van der Waals surface area contributed by atoms with E-state index in [1.54, 1.807) is 18.2 Å². The molecule has 0 aliphatic heterocycles. The van der Waals surface area contributed by atoms with E-state index in [-0.39, 0.29) is 23.1 Å². The summed E-state index contributed by atoms with van der Waals surface area (Å²) < 4.78 is 1.40. The zero-order chi connectivity index (χ0) is 19.6. The van der Waals surface area contributed by atoms with E-state index in [0.717, 1.165) is 11.3 Å². The average Bonchev–Trinajstić information content (AvgIpc) is 2.64. The number of hydrogen-bond acceptors (Lipinski definition) is 3. The van der Waals surface area contributed by atoms with Gasteiger partial charge in [0.1, 0.15) is 0 Å². The third-order valence-corrected chi connectivity index (χ3v) is 4.43. The number of rotatable bonds is 5. The van der Waals surface area contributed by atoms with Crippen LogP contribution >= 0.6 is 0 Å². The Balaban J connectivity index is 2.05. The molecule has 27 heavy (non-hydrogen) atoms. The molecule has 0 bridgehead atoms. The van der Waals surface area contributed by atoms with E-state index >= 15 is 0 Å². The lowest BCUT2D eigenvalue weighted by Crippen LogP contribution is -2.29. The molecule has 3 aromatic rings. The molecule has 0 saturated heterocycles. The van der Waals surface area contributed by atoms with Crippen molar-refractivity contribution in [1.82, 2.24) is 9.78 Å². The molecular formula is C22H25N3O2. The van der Waals surface area contributed by atoms with Crippen molar-refractivity contribution in [3.8, 4) is 0 Å². The van der Waals surface area contributed by atoms with Crippen molar-refractivity contribution < 1.29 is 4.79 Å². The van der Waals surface area contributed by atoms with Gasteiger partial charge in [-0.05, 0) is 35.6 Å². The lowest BCUT2D eigenvalue weighted by atomic mass is 10.0. The zero-order valence-electron chi connectivity index (χ0n) is 16.2. The molecule has 0 aliphatic carbocycles. The summed E-state index contributed by atoms with van der Waals surface area (Å²) in [5.74, 6) is 0.299. The Morgan fingerprint density at radius 3 is 2.41 bits per heavy atom. The van der Waals surface area contributed by atoms with Crippen molar-refractivity contribution >= 4 is 22.4 Å². The van der Waals surface area contributed by atoms with Crippen molar-refractivity contribution in [2.24, 2.45) is 5.92 Å². The number of hydrogen-bond donors (Lipinski definition) is 1. The van der Waals surface area contributed by atoms with Crippen molar-refractivity contribution in [2.45, 2.75) is 40.2 Å². The highest BCUT2D eigenvalue weighted by atomic mass is 16.2. The molecule has 0 atom stereocenters. The molecule has 0 fully saturated rings. The molecule has 1 amide bonds. The third kappa shape index (κ3) is 4.08. The Labute approximate surface area is 159 Å². The van der Waals surface area contributed by atoms with Crippen molar-refractivity contribution in [2.75, 3.05) is 5.32 Å². The number of carbonyl (C=O) groups excluding carboxylic acids is 1. The summed E-state index contributed by atoms with van der Waals surface area (Å²) in [6.07, 6.45) is 0. The topological polar surface area (TPSA) is 64.0 Å². The standard InChI is InChI=1S/C22H25N3O2/c1-14(2)13-25-22(27)19-11-6-5-10-18(19)20(24-25)21(26)23-17-9-7-8-16(12-17)15(3)4/h5-12,14-15H,13H2,1-4H3,(H,23,26). The zero-order valence-corrected chi connectivity index (χ0v) is 16.2. The molecule has 5 nitrogen and oxygen atoms in total. The van der Waals surface area contributed by atoms with E-state index in [9.17, 15) is 9.59 Å². The smallest absolute Gasteiger partial charge is 0.276 e. The van der Waals surface area contributed by atoms with Gasteiger partial charge in [-0.15, -0.1) is 0 Å². The highest BCUT2D eigenvalue weighted by molar-refractivity contribution is 6.11. The molecule has 3 rings (SSSR count). The van der Waals surface area contributed by atoms with Crippen molar-refractivity contribution in [1.29, 1.82) is 0 Å². The highest BCUT2D eigenvalue weighted by Crippen LogP contribution is 2.20. The van der Waals surface area contributed by atoms with Crippen LogP contribution in [-0.2, 0) is 6.54 Å². The van der Waals surface area contributed by atoms with Crippen LogP contribution in [0.4, 0.5) is 5.69 Å². The van der Waals surface area contributed by atoms with Crippen LogP contribution in [0.2, 0.25) is 0 Å². The molecule has 0 spiro atoms. The summed E-state index contributed by atoms with van der Waals surface area (Å²) in [4.78, 5) is 25.7. The van der Waals surface area contributed by atoms with E-state index in [0.29, 0.717) is 23.2 Å². The van der Waals surface area contributed by atoms with Gasteiger partial charge >= 0.3 is 0 Å². The van der Waals surface area contributed by atoms with Gasteiger partial charge in [0, 0.05) is 17.6 Å². The molecule has 0 radical (unpaired) electrons. The Bertz CT molecular complexity index is 1040. The van der Waals surface area contributed by atoms with Crippen LogP contribution in [0.5, 0.6) is 0 Å². The molecule has 1 heterocycles. The molecule has 5 heteroatoms. The first kappa shape index (κ1) is 18.8. The molecule has 0 aliphatic rings. The van der Waals surface area contributed by atoms with Gasteiger partial charge in [0.05, 0.1) is 5.39 Å². The monoisotopic (exact) mass is 363 g/mol. The maximum absolute atomic E-state index is 13.0. The van der Waals surface area contributed by atoms with Crippen LogP contribution < -0.4 is 10.9 Å². The van der Waals surface area contributed by atoms with E-state index in [1.165, 1.54) is 4.68 Å². The fourth-order valence-electron chi connectivity index (χ4n) is 3.04. The molecule has 1 aromatic heterocycles. The first-order valence-electron chi connectivity index (χ1n) is 9.28. The molecule has 0 saturated carbocycles. The predicted octanol–water partition coefficient (Wildman–Crippen LogP) is 4.43. The highest BCUT2D eigenvalue weighted by Gasteiger charge is 2.17. The van der Waals surface area contributed by atoms with Crippen LogP contribution in [0.15, 0.2) is 53.3 Å². The first-order valence-corrected chi connectivity index (χ1v) is 9.28.